The van der Waals surface area contributed by atoms with Gasteiger partial charge in [0.05, 0.1) is 18.4 Å². The van der Waals surface area contributed by atoms with E-state index in [4.69, 9.17) is 5.11 Å². The van der Waals surface area contributed by atoms with Crippen molar-refractivity contribution in [1.82, 2.24) is 20.2 Å². The molecule has 0 spiro atoms. The number of imidazole rings is 1. The molecule has 1 fully saturated rings. The van der Waals surface area contributed by atoms with Crippen LogP contribution in [0.3, 0.4) is 0 Å². The van der Waals surface area contributed by atoms with E-state index in [-0.39, 0.29) is 13.0 Å². The Balaban J connectivity index is 1.80. The number of rotatable bonds is 6. The molecule has 9 heteroatoms. The number of nitrogens with zero attached hydrogens (tertiary/aromatic N) is 2. The Morgan fingerprint density at radius 3 is 2.62 bits per heavy atom. The first-order valence-electron chi connectivity index (χ1n) is 9.12. The Kier molecular flexibility index (Phi) is 5.49. The number of aromatic amines is 1. The van der Waals surface area contributed by atoms with E-state index in [1.165, 1.54) is 4.90 Å². The number of H-pyrrole nitrogens is 1. The van der Waals surface area contributed by atoms with Crippen LogP contribution in [0.2, 0.25) is 0 Å². The Bertz CT molecular complexity index is 951. The minimum Gasteiger partial charge on any atom is -0.480 e. The highest BCUT2D eigenvalue weighted by Crippen LogP contribution is 2.31. The lowest BCUT2D eigenvalue weighted by molar-refractivity contribution is -0.158. The first-order valence-corrected chi connectivity index (χ1v) is 9.12. The molecular weight excluding hydrogens is 376 g/mol. The summed E-state index contributed by atoms with van der Waals surface area (Å²) in [7, 11) is 0. The number of nitrogens with one attached hydrogen (secondary N) is 2. The number of piperidine rings is 1. The number of Topliss-reactive ketones (excluding diaryl/α,β-unsaturated/α-hetero) is 1. The Hall–Kier alpha value is -3.49. The molecule has 1 aliphatic rings. The van der Waals surface area contributed by atoms with Gasteiger partial charge in [0, 0.05) is 17.5 Å². The lowest BCUT2D eigenvalue weighted by Crippen LogP contribution is -2.60. The second kappa shape index (κ2) is 7.86. The molecule has 152 valence electrons. The Labute approximate surface area is 167 Å². The maximum absolute atomic E-state index is 13.0. The predicted octanol–water partition coefficient (Wildman–Crippen LogP) is 0.974. The van der Waals surface area contributed by atoms with Gasteiger partial charge in [-0.05, 0) is 13.8 Å². The minimum atomic E-state index is -1.54. The van der Waals surface area contributed by atoms with Crippen LogP contribution in [0.25, 0.3) is 11.4 Å². The summed E-state index contributed by atoms with van der Waals surface area (Å²) >= 11 is 0. The predicted molar refractivity (Wildman–Crippen MR) is 102 cm³/mol. The summed E-state index contributed by atoms with van der Waals surface area (Å²) in [6.45, 7) is 2.99. The third-order valence-electron chi connectivity index (χ3n) is 4.85. The highest BCUT2D eigenvalue weighted by Gasteiger charge is 2.48. The van der Waals surface area contributed by atoms with E-state index < -0.39 is 41.6 Å². The van der Waals surface area contributed by atoms with Crippen molar-refractivity contribution in [1.29, 1.82) is 0 Å². The van der Waals surface area contributed by atoms with Gasteiger partial charge in [-0.25, -0.2) is 4.98 Å². The highest BCUT2D eigenvalue weighted by molar-refractivity contribution is 6.20. The van der Waals surface area contributed by atoms with Gasteiger partial charge >= 0.3 is 5.97 Å². The number of hydrogen-bond acceptors (Lipinski definition) is 5. The van der Waals surface area contributed by atoms with Crippen LogP contribution < -0.4 is 5.32 Å². The molecule has 2 heterocycles. The fourth-order valence-electron chi connectivity index (χ4n) is 3.38. The first-order chi connectivity index (χ1) is 13.7. The van der Waals surface area contributed by atoms with Crippen molar-refractivity contribution in [3.63, 3.8) is 0 Å². The maximum Gasteiger partial charge on any atom is 0.322 e. The van der Waals surface area contributed by atoms with E-state index in [0.717, 1.165) is 5.56 Å². The topological polar surface area (TPSA) is 132 Å². The molecule has 1 aromatic heterocycles. The molecule has 1 unspecified atom stereocenters. The lowest BCUT2D eigenvalue weighted by Gasteiger charge is -2.43. The van der Waals surface area contributed by atoms with Crippen LogP contribution in [0.5, 0.6) is 0 Å². The number of aliphatic carboxylic acids is 1. The summed E-state index contributed by atoms with van der Waals surface area (Å²) in [5.74, 6) is -4.21. The van der Waals surface area contributed by atoms with Gasteiger partial charge in [-0.2, -0.15) is 0 Å². The molecule has 1 saturated heterocycles. The van der Waals surface area contributed by atoms with Gasteiger partial charge in [-0.3, -0.25) is 19.2 Å². The zero-order chi connectivity index (χ0) is 21.2. The summed E-state index contributed by atoms with van der Waals surface area (Å²) in [6.07, 6.45) is 1.60. The zero-order valence-corrected chi connectivity index (χ0v) is 16.1. The van der Waals surface area contributed by atoms with Crippen LogP contribution in [0.1, 0.15) is 26.0 Å². The van der Waals surface area contributed by atoms with Gasteiger partial charge in [-0.1, -0.05) is 30.3 Å². The molecule has 9 nitrogen and oxygen atoms in total. The summed E-state index contributed by atoms with van der Waals surface area (Å²) in [5, 5.41) is 10.8. The molecule has 2 amide bonds. The number of hydrogen-bond donors (Lipinski definition) is 3. The van der Waals surface area contributed by atoms with Gasteiger partial charge in [-0.15, -0.1) is 0 Å². The molecule has 3 rings (SSSR count). The van der Waals surface area contributed by atoms with Crippen molar-refractivity contribution in [2.24, 2.45) is 5.92 Å². The monoisotopic (exact) mass is 398 g/mol. The number of carbonyl (C=O) groups is 4. The number of amides is 2. The van der Waals surface area contributed by atoms with Crippen LogP contribution in [0, 0.1) is 5.92 Å². The fourth-order valence-corrected chi connectivity index (χ4v) is 3.38. The number of ketones is 1. The molecule has 0 radical (unpaired) electrons. The van der Waals surface area contributed by atoms with Crippen LogP contribution in [0.4, 0.5) is 0 Å². The standard InChI is InChI=1S/C20H22N4O5/c1-20(2)8-14(25)16(18(28)22-10-15(26)27)19(29)24(20)11-13-9-21-17(23-13)12-6-4-3-5-7-12/h3-7,9,16H,8,10-11H2,1-2H3,(H,21,23)(H,22,28)(H,26,27). The smallest absolute Gasteiger partial charge is 0.322 e. The average Bonchev–Trinajstić information content (AvgIpc) is 3.12. The van der Waals surface area contributed by atoms with Crippen LogP contribution >= 0.6 is 0 Å². The number of carboxylic acid groups (broad SMARTS) is 1. The SMILES string of the molecule is CC1(C)CC(=O)C(C(=O)NCC(=O)O)C(=O)N1Cc1cnc(-c2ccccc2)[nH]1. The van der Waals surface area contributed by atoms with E-state index >= 15 is 0 Å². The number of likely N-dealkylation sites (tertiary alicyclic amines) is 1. The number of carboxylic acids is 1. The summed E-state index contributed by atoms with van der Waals surface area (Å²) in [6, 6.07) is 9.48. The van der Waals surface area contributed by atoms with E-state index in [0.29, 0.717) is 11.5 Å². The number of benzene rings is 1. The second-order valence-electron chi connectivity index (χ2n) is 7.55. The van der Waals surface area contributed by atoms with Gasteiger partial charge in [0.15, 0.2) is 11.7 Å². The quantitative estimate of drug-likeness (QED) is 0.621. The lowest BCUT2D eigenvalue weighted by atomic mass is 9.82. The van der Waals surface area contributed by atoms with Crippen molar-refractivity contribution in [3.05, 3.63) is 42.2 Å². The van der Waals surface area contributed by atoms with Gasteiger partial charge in [0.25, 0.3) is 0 Å². The molecule has 0 aliphatic carbocycles. The molecule has 2 aromatic rings. The van der Waals surface area contributed by atoms with E-state index in [9.17, 15) is 19.2 Å². The molecule has 0 bridgehead atoms. The van der Waals surface area contributed by atoms with Crippen LogP contribution in [0.15, 0.2) is 36.5 Å². The van der Waals surface area contributed by atoms with Crippen molar-refractivity contribution >= 4 is 23.6 Å². The molecule has 0 saturated carbocycles. The third kappa shape index (κ3) is 4.34. The third-order valence-corrected chi connectivity index (χ3v) is 4.85. The summed E-state index contributed by atoms with van der Waals surface area (Å²) in [5.41, 5.74) is 0.754. The molecular formula is C20H22N4O5. The van der Waals surface area contributed by atoms with Crippen molar-refractivity contribution in [2.45, 2.75) is 32.4 Å². The zero-order valence-electron chi connectivity index (χ0n) is 16.1. The normalized spacial score (nSPS) is 18.6. The second-order valence-corrected chi connectivity index (χ2v) is 7.55. The molecule has 3 N–H and O–H groups in total. The molecule has 29 heavy (non-hydrogen) atoms. The minimum absolute atomic E-state index is 0.0103. The molecule has 1 atom stereocenters. The Morgan fingerprint density at radius 2 is 1.97 bits per heavy atom. The average molecular weight is 398 g/mol. The fraction of sp³-hybridized carbons (Fsp3) is 0.350. The van der Waals surface area contributed by atoms with Gasteiger partial charge in [0.2, 0.25) is 11.8 Å². The van der Waals surface area contributed by atoms with Crippen molar-refractivity contribution < 1.29 is 24.3 Å². The number of aromatic nitrogens is 2. The summed E-state index contributed by atoms with van der Waals surface area (Å²) < 4.78 is 0. The summed E-state index contributed by atoms with van der Waals surface area (Å²) in [4.78, 5) is 57.3. The molecule has 1 aromatic carbocycles. The van der Waals surface area contributed by atoms with Crippen LogP contribution in [-0.2, 0) is 25.7 Å². The maximum atomic E-state index is 13.0. The van der Waals surface area contributed by atoms with E-state index in [1.54, 1.807) is 20.0 Å². The van der Waals surface area contributed by atoms with E-state index in [1.807, 2.05) is 30.3 Å². The largest absolute Gasteiger partial charge is 0.480 e. The highest BCUT2D eigenvalue weighted by atomic mass is 16.4. The van der Waals surface area contributed by atoms with Gasteiger partial charge < -0.3 is 20.3 Å². The van der Waals surface area contributed by atoms with Crippen molar-refractivity contribution in [2.75, 3.05) is 6.54 Å². The van der Waals surface area contributed by atoms with Crippen molar-refractivity contribution in [3.8, 4) is 11.4 Å². The Morgan fingerprint density at radius 1 is 1.28 bits per heavy atom. The molecule has 1 aliphatic heterocycles. The van der Waals surface area contributed by atoms with Crippen LogP contribution in [-0.4, -0.2) is 55.6 Å². The van der Waals surface area contributed by atoms with E-state index in [2.05, 4.69) is 15.3 Å². The number of carbonyl (C=O) groups excluding carboxylic acids is 3. The first kappa shape index (κ1) is 20.2. The van der Waals surface area contributed by atoms with Gasteiger partial charge in [0.1, 0.15) is 12.4 Å².